The van der Waals surface area contributed by atoms with Crippen molar-refractivity contribution in [2.45, 2.75) is 24.4 Å². The van der Waals surface area contributed by atoms with E-state index in [1.165, 1.54) is 5.56 Å². The van der Waals surface area contributed by atoms with Gasteiger partial charge in [-0.05, 0) is 24.0 Å². The molecule has 16 heavy (non-hydrogen) atoms. The van der Waals surface area contributed by atoms with E-state index in [1.54, 1.807) is 0 Å². The minimum Gasteiger partial charge on any atom is -0.456 e. The number of ether oxygens (including phenoxy) is 1. The molecule has 1 aliphatic heterocycles. The lowest BCUT2D eigenvalue weighted by Gasteiger charge is -2.27. The summed E-state index contributed by atoms with van der Waals surface area (Å²) < 4.78 is 5.17. The van der Waals surface area contributed by atoms with Crippen molar-refractivity contribution >= 4 is 6.47 Å². The average Bonchev–Trinajstić information content (AvgIpc) is 2.98. The van der Waals surface area contributed by atoms with Gasteiger partial charge in [0.1, 0.15) is 5.60 Å². The summed E-state index contributed by atoms with van der Waals surface area (Å²) in [7, 11) is 0. The van der Waals surface area contributed by atoms with Crippen molar-refractivity contribution in [2.75, 3.05) is 13.1 Å². The van der Waals surface area contributed by atoms with Gasteiger partial charge in [0.2, 0.25) is 0 Å². The fourth-order valence-electron chi connectivity index (χ4n) is 2.26. The molecular formula is C13H15NO2. The van der Waals surface area contributed by atoms with Crippen LogP contribution in [-0.4, -0.2) is 19.6 Å². The van der Waals surface area contributed by atoms with E-state index in [4.69, 9.17) is 4.74 Å². The number of carbonyl (C=O) groups excluding carboxylic acids is 1. The van der Waals surface area contributed by atoms with Crippen LogP contribution in [0.15, 0.2) is 24.3 Å². The summed E-state index contributed by atoms with van der Waals surface area (Å²) in [5.41, 5.74) is 2.22. The van der Waals surface area contributed by atoms with Gasteiger partial charge in [-0.1, -0.05) is 24.3 Å². The third-order valence-electron chi connectivity index (χ3n) is 3.67. The zero-order valence-corrected chi connectivity index (χ0v) is 9.11. The van der Waals surface area contributed by atoms with Gasteiger partial charge in [0, 0.05) is 19.0 Å². The van der Waals surface area contributed by atoms with E-state index in [0.717, 1.165) is 31.5 Å². The van der Waals surface area contributed by atoms with Gasteiger partial charge in [0.15, 0.2) is 0 Å². The predicted octanol–water partition coefficient (Wildman–Crippen LogP) is 1.54. The molecule has 0 atom stereocenters. The number of carbonyl (C=O) groups is 1. The van der Waals surface area contributed by atoms with Crippen LogP contribution in [0.25, 0.3) is 0 Å². The summed E-state index contributed by atoms with van der Waals surface area (Å²) >= 11 is 0. The van der Waals surface area contributed by atoms with E-state index in [1.807, 2.05) is 0 Å². The Labute approximate surface area is 94.8 Å². The normalized spacial score (nSPS) is 22.2. The van der Waals surface area contributed by atoms with E-state index < -0.39 is 0 Å². The average molecular weight is 217 g/mol. The van der Waals surface area contributed by atoms with E-state index in [0.29, 0.717) is 12.4 Å². The fraction of sp³-hybridized carbons (Fsp3) is 0.462. The zero-order valence-electron chi connectivity index (χ0n) is 9.11. The van der Waals surface area contributed by atoms with Crippen LogP contribution < -0.4 is 5.32 Å². The largest absolute Gasteiger partial charge is 0.456 e. The van der Waals surface area contributed by atoms with Gasteiger partial charge in [-0.15, -0.1) is 0 Å². The van der Waals surface area contributed by atoms with Gasteiger partial charge in [-0.2, -0.15) is 0 Å². The highest BCUT2D eigenvalue weighted by atomic mass is 16.5. The van der Waals surface area contributed by atoms with Crippen LogP contribution in [0.4, 0.5) is 0 Å². The lowest BCUT2D eigenvalue weighted by Crippen LogP contribution is -2.39. The summed E-state index contributed by atoms with van der Waals surface area (Å²) in [4.78, 5) is 10.4. The predicted molar refractivity (Wildman–Crippen MR) is 60.1 cm³/mol. The Balaban J connectivity index is 1.79. The number of hydrogen-bond acceptors (Lipinski definition) is 3. The monoisotopic (exact) mass is 217 g/mol. The molecule has 0 radical (unpaired) electrons. The van der Waals surface area contributed by atoms with Gasteiger partial charge in [-0.3, -0.25) is 4.79 Å². The number of benzene rings is 1. The molecule has 1 N–H and O–H groups in total. The third-order valence-corrected chi connectivity index (χ3v) is 3.67. The third kappa shape index (κ3) is 1.52. The second kappa shape index (κ2) is 3.59. The number of rotatable bonds is 4. The zero-order chi connectivity index (χ0) is 11.0. The Hall–Kier alpha value is -1.35. The maximum Gasteiger partial charge on any atom is 0.293 e. The molecule has 3 rings (SSSR count). The van der Waals surface area contributed by atoms with E-state index >= 15 is 0 Å². The van der Waals surface area contributed by atoms with Crippen LogP contribution in [0.3, 0.4) is 0 Å². The van der Waals surface area contributed by atoms with Gasteiger partial charge in [0.05, 0.1) is 0 Å². The maximum absolute atomic E-state index is 10.4. The molecule has 3 heteroatoms. The molecule has 1 saturated carbocycles. The molecule has 1 saturated heterocycles. The molecule has 2 fully saturated rings. The van der Waals surface area contributed by atoms with E-state index in [9.17, 15) is 4.79 Å². The van der Waals surface area contributed by atoms with Gasteiger partial charge in [0.25, 0.3) is 6.47 Å². The molecule has 0 spiro atoms. The first-order valence-corrected chi connectivity index (χ1v) is 5.77. The Morgan fingerprint density at radius 1 is 1.25 bits per heavy atom. The smallest absolute Gasteiger partial charge is 0.293 e. The van der Waals surface area contributed by atoms with Gasteiger partial charge < -0.3 is 10.1 Å². The van der Waals surface area contributed by atoms with Crippen molar-refractivity contribution in [1.82, 2.24) is 5.32 Å². The summed E-state index contributed by atoms with van der Waals surface area (Å²) in [5.74, 6) is 0.663. The van der Waals surface area contributed by atoms with Crippen LogP contribution in [0.5, 0.6) is 0 Å². The van der Waals surface area contributed by atoms with Crippen LogP contribution >= 0.6 is 0 Å². The second-order valence-corrected chi connectivity index (χ2v) is 4.69. The van der Waals surface area contributed by atoms with Crippen LogP contribution in [0.2, 0.25) is 0 Å². The van der Waals surface area contributed by atoms with Gasteiger partial charge in [-0.25, -0.2) is 0 Å². The molecule has 1 aliphatic carbocycles. The van der Waals surface area contributed by atoms with Crippen molar-refractivity contribution in [3.05, 3.63) is 35.4 Å². The SMILES string of the molecule is O=COC1(c2ccc(C3CNC3)cc2)CC1. The van der Waals surface area contributed by atoms with Crippen molar-refractivity contribution in [3.8, 4) is 0 Å². The molecular weight excluding hydrogens is 202 g/mol. The molecule has 1 heterocycles. The molecule has 84 valence electrons. The number of hydrogen-bond donors (Lipinski definition) is 1. The first-order chi connectivity index (χ1) is 7.84. The summed E-state index contributed by atoms with van der Waals surface area (Å²) in [6.07, 6.45) is 1.91. The van der Waals surface area contributed by atoms with Crippen molar-refractivity contribution in [2.24, 2.45) is 0 Å². The fourth-order valence-corrected chi connectivity index (χ4v) is 2.26. The Bertz CT molecular complexity index is 391. The highest BCUT2D eigenvalue weighted by Gasteiger charge is 2.46. The second-order valence-electron chi connectivity index (χ2n) is 4.69. The van der Waals surface area contributed by atoms with Crippen LogP contribution in [-0.2, 0) is 15.1 Å². The molecule has 0 unspecified atom stereocenters. The molecule has 0 aromatic heterocycles. The molecule has 3 nitrogen and oxygen atoms in total. The van der Waals surface area contributed by atoms with Crippen LogP contribution in [0, 0.1) is 0 Å². The Kier molecular flexibility index (Phi) is 2.21. The molecule has 1 aromatic carbocycles. The first kappa shape index (κ1) is 9.85. The molecule has 2 aliphatic rings. The van der Waals surface area contributed by atoms with E-state index in [2.05, 4.69) is 29.6 Å². The number of nitrogens with one attached hydrogen (secondary N) is 1. The minimum atomic E-state index is -0.294. The van der Waals surface area contributed by atoms with Gasteiger partial charge >= 0.3 is 0 Å². The summed E-state index contributed by atoms with van der Waals surface area (Å²) in [6, 6.07) is 8.53. The Morgan fingerprint density at radius 2 is 1.94 bits per heavy atom. The lowest BCUT2D eigenvalue weighted by molar-refractivity contribution is -0.136. The topological polar surface area (TPSA) is 38.3 Å². The van der Waals surface area contributed by atoms with Crippen molar-refractivity contribution in [3.63, 3.8) is 0 Å². The highest BCUT2D eigenvalue weighted by Crippen LogP contribution is 2.48. The van der Waals surface area contributed by atoms with E-state index in [-0.39, 0.29) is 5.60 Å². The summed E-state index contributed by atoms with van der Waals surface area (Å²) in [6.45, 7) is 2.72. The quantitative estimate of drug-likeness (QED) is 0.777. The maximum atomic E-state index is 10.4. The van der Waals surface area contributed by atoms with Crippen molar-refractivity contribution in [1.29, 1.82) is 0 Å². The lowest BCUT2D eigenvalue weighted by atomic mass is 9.92. The first-order valence-electron chi connectivity index (χ1n) is 5.77. The van der Waals surface area contributed by atoms with Crippen molar-refractivity contribution < 1.29 is 9.53 Å². The molecule has 1 aromatic rings. The van der Waals surface area contributed by atoms with Crippen LogP contribution in [0.1, 0.15) is 29.9 Å². The summed E-state index contributed by atoms with van der Waals surface area (Å²) in [5, 5.41) is 3.27. The Morgan fingerprint density at radius 3 is 2.38 bits per heavy atom. The molecule has 0 amide bonds. The minimum absolute atomic E-state index is 0.294. The standard InChI is InChI=1S/C13H15NO2/c15-9-16-13(5-6-13)12-3-1-10(2-4-12)11-7-14-8-11/h1-4,9,11,14H,5-8H2. The highest BCUT2D eigenvalue weighted by molar-refractivity contribution is 5.43. The molecule has 0 bridgehead atoms.